The monoisotopic (exact) mass is 293 g/mol. The quantitative estimate of drug-likeness (QED) is 0.600. The molecule has 0 spiro atoms. The minimum Gasteiger partial charge on any atom is -0.315 e. The normalized spacial score (nSPS) is 11.7. The summed E-state index contributed by atoms with van der Waals surface area (Å²) in [6.45, 7) is 6.84. The molecule has 0 aliphatic heterocycles. The van der Waals surface area contributed by atoms with E-state index in [4.69, 9.17) is 11.6 Å². The summed E-state index contributed by atoms with van der Waals surface area (Å²) in [5.41, 5.74) is 3.23. The number of rotatable bonds is 3. The second-order valence-corrected chi connectivity index (χ2v) is 5.57. The van der Waals surface area contributed by atoms with Crippen molar-refractivity contribution >= 4 is 28.6 Å². The summed E-state index contributed by atoms with van der Waals surface area (Å²) in [4.78, 5) is 0.911. The Kier molecular flexibility index (Phi) is 4.56. The lowest BCUT2D eigenvalue weighted by Crippen LogP contribution is -2.14. The fourth-order valence-corrected chi connectivity index (χ4v) is 2.76. The van der Waals surface area contributed by atoms with Crippen LogP contribution >= 0.6 is 22.9 Å². The summed E-state index contributed by atoms with van der Waals surface area (Å²) in [5, 5.41) is 11.3. The van der Waals surface area contributed by atoms with Crippen molar-refractivity contribution in [3.05, 3.63) is 39.5 Å². The van der Waals surface area contributed by atoms with Gasteiger partial charge in [0.05, 0.1) is 5.69 Å². The zero-order valence-electron chi connectivity index (χ0n) is 11.2. The van der Waals surface area contributed by atoms with E-state index in [0.717, 1.165) is 33.3 Å². The number of halogens is 1. The third-order valence-corrected chi connectivity index (χ3v) is 3.70. The van der Waals surface area contributed by atoms with Gasteiger partial charge in [0.1, 0.15) is 0 Å². The molecule has 1 aromatic carbocycles. The lowest BCUT2D eigenvalue weighted by Gasteiger charge is -2.05. The molecule has 0 amide bonds. The third-order valence-electron chi connectivity index (χ3n) is 2.59. The second-order valence-electron chi connectivity index (χ2n) is 4.30. The molecule has 5 heteroatoms. The number of thiazole rings is 1. The molecule has 0 atom stereocenters. The van der Waals surface area contributed by atoms with E-state index in [9.17, 15) is 0 Å². The van der Waals surface area contributed by atoms with Gasteiger partial charge in [0, 0.05) is 22.7 Å². The van der Waals surface area contributed by atoms with Gasteiger partial charge in [0.25, 0.3) is 0 Å². The highest BCUT2D eigenvalue weighted by molar-refractivity contribution is 7.07. The van der Waals surface area contributed by atoms with Crippen molar-refractivity contribution in [1.29, 1.82) is 0 Å². The predicted molar refractivity (Wildman–Crippen MR) is 82.8 cm³/mol. The lowest BCUT2D eigenvalue weighted by molar-refractivity contribution is 0.736. The van der Waals surface area contributed by atoms with Crippen LogP contribution in [-0.4, -0.2) is 10.3 Å². The van der Waals surface area contributed by atoms with Crippen molar-refractivity contribution in [3.8, 4) is 11.3 Å². The smallest absolute Gasteiger partial charge is 0.211 e. The largest absolute Gasteiger partial charge is 0.315 e. The van der Waals surface area contributed by atoms with Gasteiger partial charge in [-0.05, 0) is 38.5 Å². The highest BCUT2D eigenvalue weighted by atomic mass is 35.5. The fraction of sp³-hybridized carbons (Fsp3) is 0.286. The van der Waals surface area contributed by atoms with Gasteiger partial charge >= 0.3 is 0 Å². The summed E-state index contributed by atoms with van der Waals surface area (Å²) in [5.74, 6) is 0. The summed E-state index contributed by atoms with van der Waals surface area (Å²) in [6.07, 6.45) is 0. The van der Waals surface area contributed by atoms with Crippen molar-refractivity contribution < 1.29 is 0 Å². The Hall–Kier alpha value is -1.39. The molecule has 0 unspecified atom stereocenters. The molecule has 0 N–H and O–H groups in total. The van der Waals surface area contributed by atoms with Crippen LogP contribution in [0.3, 0.4) is 0 Å². The molecular formula is C14H16ClN3S. The van der Waals surface area contributed by atoms with Gasteiger partial charge in [0.15, 0.2) is 0 Å². The average molecular weight is 294 g/mol. The van der Waals surface area contributed by atoms with Gasteiger partial charge in [0.2, 0.25) is 4.80 Å². The average Bonchev–Trinajstić information content (AvgIpc) is 2.80. The molecule has 0 aliphatic rings. The van der Waals surface area contributed by atoms with E-state index >= 15 is 0 Å². The van der Waals surface area contributed by atoms with Gasteiger partial charge in [-0.25, -0.2) is 0 Å². The molecule has 1 aromatic heterocycles. The Balaban J connectivity index is 2.51. The summed E-state index contributed by atoms with van der Waals surface area (Å²) >= 11 is 7.52. The zero-order valence-corrected chi connectivity index (χ0v) is 12.8. The Morgan fingerprint density at radius 2 is 1.95 bits per heavy atom. The molecule has 0 saturated heterocycles. The molecule has 0 fully saturated rings. The van der Waals surface area contributed by atoms with Crippen molar-refractivity contribution in [2.24, 2.45) is 10.2 Å². The third kappa shape index (κ3) is 3.33. The Morgan fingerprint density at radius 1 is 1.26 bits per heavy atom. The molecule has 1 heterocycles. The molecule has 2 rings (SSSR count). The zero-order chi connectivity index (χ0) is 13.8. The molecule has 2 aromatic rings. The molecule has 0 radical (unpaired) electrons. The van der Waals surface area contributed by atoms with E-state index in [-0.39, 0.29) is 0 Å². The molecule has 100 valence electrons. The first-order valence-corrected chi connectivity index (χ1v) is 7.36. The van der Waals surface area contributed by atoms with Gasteiger partial charge < -0.3 is 4.57 Å². The predicted octanol–water partition coefficient (Wildman–Crippen LogP) is 4.19. The second kappa shape index (κ2) is 6.17. The van der Waals surface area contributed by atoms with Crippen molar-refractivity contribution in [3.63, 3.8) is 0 Å². The van der Waals surface area contributed by atoms with Crippen LogP contribution in [0.15, 0.2) is 39.8 Å². The van der Waals surface area contributed by atoms with Crippen LogP contribution in [-0.2, 0) is 6.54 Å². The Morgan fingerprint density at radius 3 is 2.53 bits per heavy atom. The number of hydrogen-bond acceptors (Lipinski definition) is 3. The Bertz CT molecular complexity index is 646. The van der Waals surface area contributed by atoms with Crippen LogP contribution in [0.5, 0.6) is 0 Å². The van der Waals surface area contributed by atoms with E-state index in [2.05, 4.69) is 27.1 Å². The highest BCUT2D eigenvalue weighted by Crippen LogP contribution is 2.22. The van der Waals surface area contributed by atoms with Gasteiger partial charge in [-0.2, -0.15) is 5.10 Å². The number of nitrogens with zero attached hydrogens (tertiary/aromatic N) is 3. The first-order chi connectivity index (χ1) is 9.11. The molecule has 0 aliphatic carbocycles. The molecule has 3 nitrogen and oxygen atoms in total. The summed E-state index contributed by atoms with van der Waals surface area (Å²) in [7, 11) is 0. The maximum Gasteiger partial charge on any atom is 0.211 e. The first kappa shape index (κ1) is 14.0. The van der Waals surface area contributed by atoms with E-state index < -0.39 is 0 Å². The van der Waals surface area contributed by atoms with Crippen molar-refractivity contribution in [2.75, 3.05) is 0 Å². The van der Waals surface area contributed by atoms with Crippen LogP contribution in [0.2, 0.25) is 5.02 Å². The summed E-state index contributed by atoms with van der Waals surface area (Å²) < 4.78 is 2.15. The van der Waals surface area contributed by atoms with Crippen LogP contribution in [0, 0.1) is 0 Å². The maximum absolute atomic E-state index is 5.92. The Labute approximate surface area is 121 Å². The minimum absolute atomic E-state index is 0.748. The lowest BCUT2D eigenvalue weighted by atomic mass is 10.2. The van der Waals surface area contributed by atoms with Crippen molar-refractivity contribution in [1.82, 2.24) is 4.57 Å². The maximum atomic E-state index is 5.92. The molecule has 0 bridgehead atoms. The van der Waals surface area contributed by atoms with Crippen LogP contribution in [0.4, 0.5) is 0 Å². The van der Waals surface area contributed by atoms with E-state index in [1.165, 1.54) is 0 Å². The standard InChI is InChI=1S/C14H16ClN3S/c1-4-18-13(11-5-7-12(15)8-6-11)9-19-14(18)17-16-10(2)3/h5-9H,4H2,1-3H3/b17-14-. The first-order valence-electron chi connectivity index (χ1n) is 6.11. The molecular weight excluding hydrogens is 278 g/mol. The van der Waals surface area contributed by atoms with E-state index in [1.54, 1.807) is 11.3 Å². The molecule has 19 heavy (non-hydrogen) atoms. The number of aromatic nitrogens is 1. The number of benzene rings is 1. The fourth-order valence-electron chi connectivity index (χ4n) is 1.71. The molecule has 0 saturated carbocycles. The van der Waals surface area contributed by atoms with Crippen molar-refractivity contribution in [2.45, 2.75) is 27.3 Å². The van der Waals surface area contributed by atoms with E-state index in [1.807, 2.05) is 38.1 Å². The van der Waals surface area contributed by atoms with Gasteiger partial charge in [-0.3, -0.25) is 0 Å². The van der Waals surface area contributed by atoms with Crippen LogP contribution in [0.1, 0.15) is 20.8 Å². The van der Waals surface area contributed by atoms with E-state index in [0.29, 0.717) is 0 Å². The highest BCUT2D eigenvalue weighted by Gasteiger charge is 2.06. The topological polar surface area (TPSA) is 29.6 Å². The minimum atomic E-state index is 0.748. The van der Waals surface area contributed by atoms with Crippen LogP contribution in [0.25, 0.3) is 11.3 Å². The summed E-state index contributed by atoms with van der Waals surface area (Å²) in [6, 6.07) is 7.85. The van der Waals surface area contributed by atoms with Crippen LogP contribution < -0.4 is 4.80 Å². The van der Waals surface area contributed by atoms with Gasteiger partial charge in [-0.1, -0.05) is 23.7 Å². The number of hydrogen-bond donors (Lipinski definition) is 0. The SMILES string of the molecule is CCn1c(-c2ccc(Cl)cc2)cs/c1=N\N=C(C)C. The van der Waals surface area contributed by atoms with Gasteiger partial charge in [-0.15, -0.1) is 16.4 Å².